The first-order valence-electron chi connectivity index (χ1n) is 22.0. The summed E-state index contributed by atoms with van der Waals surface area (Å²) in [6, 6.07) is 92.5. The first-order chi connectivity index (χ1) is 31.7. The highest BCUT2D eigenvalue weighted by Crippen LogP contribution is 2.42. The lowest BCUT2D eigenvalue weighted by atomic mass is 9.92. The summed E-state index contributed by atoms with van der Waals surface area (Å²) >= 11 is 0. The molecule has 12 aromatic rings. The number of para-hydroxylation sites is 3. The minimum Gasteiger partial charge on any atom is -0.311 e. The van der Waals surface area contributed by atoms with Gasteiger partial charge in [0.1, 0.15) is 0 Å². The smallest absolute Gasteiger partial charge is 0.0541 e. The molecule has 0 aliphatic heterocycles. The van der Waals surface area contributed by atoms with E-state index in [1.54, 1.807) is 0 Å². The molecule has 0 spiro atoms. The molecule has 0 saturated heterocycles. The quantitative estimate of drug-likeness (QED) is 0.139. The zero-order valence-electron chi connectivity index (χ0n) is 35.1. The molecular formula is C62H42N2. The van der Waals surface area contributed by atoms with Crippen LogP contribution in [0.5, 0.6) is 0 Å². The summed E-state index contributed by atoms with van der Waals surface area (Å²) in [5.74, 6) is 0. The molecule has 300 valence electrons. The number of fused-ring (bicyclic) bond motifs is 6. The molecule has 0 bridgehead atoms. The molecule has 0 radical (unpaired) electrons. The normalized spacial score (nSPS) is 11.4. The Morgan fingerprint density at radius 2 is 0.719 bits per heavy atom. The average molecular weight is 815 g/mol. The molecule has 2 nitrogen and oxygen atoms in total. The first-order valence-corrected chi connectivity index (χ1v) is 22.0. The standard InChI is InChI=1S/C62H42N2/c1-3-15-43(16-4-1)44-27-29-45(30-28-44)46-31-36-51(37-32-46)63(50-18-5-2-6-19-50)52-38-33-47(34-39-52)54-21-11-13-25-60(54)64-61-26-14-12-24-57(61)59-42-49(35-40-62(59)64)58-41-48-17-7-8-20-53(48)55-22-9-10-23-56(55)58/h1-42H. The molecule has 0 aliphatic rings. The molecule has 2 heteroatoms. The maximum absolute atomic E-state index is 2.45. The van der Waals surface area contributed by atoms with E-state index in [2.05, 4.69) is 264 Å². The van der Waals surface area contributed by atoms with E-state index in [1.807, 2.05) is 0 Å². The zero-order chi connectivity index (χ0) is 42.4. The van der Waals surface area contributed by atoms with Crippen LogP contribution < -0.4 is 4.90 Å². The van der Waals surface area contributed by atoms with Crippen molar-refractivity contribution in [2.24, 2.45) is 0 Å². The topological polar surface area (TPSA) is 8.17 Å². The van der Waals surface area contributed by atoms with Gasteiger partial charge in [0.25, 0.3) is 0 Å². The van der Waals surface area contributed by atoms with Crippen LogP contribution in [-0.4, -0.2) is 4.57 Å². The second kappa shape index (κ2) is 15.8. The summed E-state index contributed by atoms with van der Waals surface area (Å²) in [5, 5.41) is 7.57. The summed E-state index contributed by atoms with van der Waals surface area (Å²) in [4.78, 5) is 2.33. The van der Waals surface area contributed by atoms with Gasteiger partial charge < -0.3 is 9.47 Å². The molecule has 0 atom stereocenters. The predicted molar refractivity (Wildman–Crippen MR) is 272 cm³/mol. The van der Waals surface area contributed by atoms with Crippen LogP contribution in [0.3, 0.4) is 0 Å². The van der Waals surface area contributed by atoms with Gasteiger partial charge in [-0.1, -0.05) is 188 Å². The Bertz CT molecular complexity index is 3620. The van der Waals surface area contributed by atoms with Crippen molar-refractivity contribution in [2.75, 3.05) is 4.90 Å². The van der Waals surface area contributed by atoms with E-state index >= 15 is 0 Å². The number of hydrogen-bond donors (Lipinski definition) is 0. The average Bonchev–Trinajstić information content (AvgIpc) is 3.71. The Morgan fingerprint density at radius 1 is 0.250 bits per heavy atom. The van der Waals surface area contributed by atoms with E-state index < -0.39 is 0 Å². The predicted octanol–water partition coefficient (Wildman–Crippen LogP) is 17.2. The van der Waals surface area contributed by atoms with E-state index in [0.29, 0.717) is 0 Å². The largest absolute Gasteiger partial charge is 0.311 e. The molecule has 0 aliphatic carbocycles. The van der Waals surface area contributed by atoms with Gasteiger partial charge in [0.15, 0.2) is 0 Å². The van der Waals surface area contributed by atoms with Gasteiger partial charge in [0, 0.05) is 33.4 Å². The van der Waals surface area contributed by atoms with Crippen LogP contribution in [0.1, 0.15) is 0 Å². The van der Waals surface area contributed by atoms with Crippen molar-refractivity contribution >= 4 is 60.4 Å². The van der Waals surface area contributed by atoms with Gasteiger partial charge in [-0.2, -0.15) is 0 Å². The summed E-state index contributed by atoms with van der Waals surface area (Å²) in [7, 11) is 0. The Balaban J connectivity index is 0.912. The fourth-order valence-corrected chi connectivity index (χ4v) is 9.71. The highest BCUT2D eigenvalue weighted by atomic mass is 15.1. The zero-order valence-corrected chi connectivity index (χ0v) is 35.1. The van der Waals surface area contributed by atoms with Crippen molar-refractivity contribution in [3.8, 4) is 50.2 Å². The molecule has 64 heavy (non-hydrogen) atoms. The molecule has 0 unspecified atom stereocenters. The maximum atomic E-state index is 2.45. The highest BCUT2D eigenvalue weighted by Gasteiger charge is 2.19. The van der Waals surface area contributed by atoms with E-state index in [4.69, 9.17) is 0 Å². The van der Waals surface area contributed by atoms with E-state index in [1.165, 1.54) is 82.3 Å². The van der Waals surface area contributed by atoms with Crippen LogP contribution >= 0.6 is 0 Å². The Morgan fingerprint density at radius 3 is 1.42 bits per heavy atom. The molecule has 12 rings (SSSR count). The summed E-state index contributed by atoms with van der Waals surface area (Å²) in [6.07, 6.45) is 0. The van der Waals surface area contributed by atoms with Gasteiger partial charge in [-0.15, -0.1) is 0 Å². The molecular weight excluding hydrogens is 773 g/mol. The summed E-state index contributed by atoms with van der Waals surface area (Å²) in [6.45, 7) is 0. The van der Waals surface area contributed by atoms with Gasteiger partial charge in [-0.05, 0) is 127 Å². The molecule has 0 amide bonds. The Hall–Kier alpha value is -8.46. The lowest BCUT2D eigenvalue weighted by Crippen LogP contribution is -2.09. The van der Waals surface area contributed by atoms with Crippen molar-refractivity contribution in [3.05, 3.63) is 255 Å². The molecule has 1 heterocycles. The van der Waals surface area contributed by atoms with Crippen molar-refractivity contribution in [2.45, 2.75) is 0 Å². The van der Waals surface area contributed by atoms with Gasteiger partial charge in [0.05, 0.1) is 16.7 Å². The lowest BCUT2D eigenvalue weighted by Gasteiger charge is -2.26. The van der Waals surface area contributed by atoms with Crippen LogP contribution in [0.25, 0.3) is 93.5 Å². The van der Waals surface area contributed by atoms with E-state index in [9.17, 15) is 0 Å². The van der Waals surface area contributed by atoms with Gasteiger partial charge in [-0.3, -0.25) is 0 Å². The SMILES string of the molecule is c1ccc(-c2ccc(-c3ccc(N(c4ccccc4)c4ccc(-c5ccccc5-n5c6ccccc6c6cc(-c7cc8ccccc8c8ccccc78)ccc65)cc4)cc3)cc2)cc1. The molecule has 0 saturated carbocycles. The fraction of sp³-hybridized carbons (Fsp3) is 0. The number of hydrogen-bond acceptors (Lipinski definition) is 1. The van der Waals surface area contributed by atoms with E-state index in [-0.39, 0.29) is 0 Å². The number of anilines is 3. The van der Waals surface area contributed by atoms with E-state index in [0.717, 1.165) is 28.3 Å². The van der Waals surface area contributed by atoms with Crippen LogP contribution in [0.2, 0.25) is 0 Å². The third-order valence-corrected chi connectivity index (χ3v) is 12.8. The van der Waals surface area contributed by atoms with Crippen molar-refractivity contribution in [1.82, 2.24) is 4.57 Å². The summed E-state index contributed by atoms with van der Waals surface area (Å²) in [5.41, 5.74) is 16.5. The number of benzene rings is 11. The molecule has 1 aromatic heterocycles. The number of nitrogens with zero attached hydrogens (tertiary/aromatic N) is 2. The molecule has 0 N–H and O–H groups in total. The van der Waals surface area contributed by atoms with Crippen LogP contribution in [-0.2, 0) is 0 Å². The minimum absolute atomic E-state index is 1.10. The van der Waals surface area contributed by atoms with Gasteiger partial charge >= 0.3 is 0 Å². The maximum Gasteiger partial charge on any atom is 0.0541 e. The number of rotatable bonds is 8. The third kappa shape index (κ3) is 6.52. The van der Waals surface area contributed by atoms with Crippen molar-refractivity contribution in [3.63, 3.8) is 0 Å². The minimum atomic E-state index is 1.10. The van der Waals surface area contributed by atoms with Gasteiger partial charge in [0.2, 0.25) is 0 Å². The van der Waals surface area contributed by atoms with Crippen LogP contribution in [0.4, 0.5) is 17.1 Å². The van der Waals surface area contributed by atoms with Crippen LogP contribution in [0.15, 0.2) is 255 Å². The first kappa shape index (κ1) is 37.3. The second-order valence-electron chi connectivity index (χ2n) is 16.5. The second-order valence-corrected chi connectivity index (χ2v) is 16.5. The lowest BCUT2D eigenvalue weighted by molar-refractivity contribution is 1.18. The van der Waals surface area contributed by atoms with Crippen molar-refractivity contribution in [1.29, 1.82) is 0 Å². The molecule has 11 aromatic carbocycles. The summed E-state index contributed by atoms with van der Waals surface area (Å²) < 4.78 is 2.45. The highest BCUT2D eigenvalue weighted by molar-refractivity contribution is 6.16. The Kier molecular flexibility index (Phi) is 9.20. The third-order valence-electron chi connectivity index (χ3n) is 12.8. The fourth-order valence-electron chi connectivity index (χ4n) is 9.71. The molecule has 0 fully saturated rings. The monoisotopic (exact) mass is 814 g/mol. The van der Waals surface area contributed by atoms with Crippen molar-refractivity contribution < 1.29 is 0 Å². The Labute approximate surface area is 373 Å². The number of aromatic nitrogens is 1. The van der Waals surface area contributed by atoms with Crippen LogP contribution in [0, 0.1) is 0 Å². The van der Waals surface area contributed by atoms with Gasteiger partial charge in [-0.25, -0.2) is 0 Å².